The second-order valence-electron chi connectivity index (χ2n) is 9.61. The van der Waals surface area contributed by atoms with Crippen molar-refractivity contribution in [3.8, 4) is 22.3 Å². The fraction of sp³-hybridized carbons (Fsp3) is 0.188. The summed E-state index contributed by atoms with van der Waals surface area (Å²) in [5, 5.41) is 5.28. The first-order valence-corrected chi connectivity index (χ1v) is 12.0. The largest absolute Gasteiger partial charge is 0.0616 e. The van der Waals surface area contributed by atoms with Gasteiger partial charge in [-0.3, -0.25) is 0 Å². The predicted molar refractivity (Wildman–Crippen MR) is 136 cm³/mol. The number of hydrogen-bond acceptors (Lipinski definition) is 0. The summed E-state index contributed by atoms with van der Waals surface area (Å²) in [5.74, 6) is 1.52. The summed E-state index contributed by atoms with van der Waals surface area (Å²) in [4.78, 5) is 0. The van der Waals surface area contributed by atoms with Gasteiger partial charge in [0.05, 0.1) is 0 Å². The van der Waals surface area contributed by atoms with E-state index >= 15 is 0 Å². The Kier molecular flexibility index (Phi) is 4.02. The summed E-state index contributed by atoms with van der Waals surface area (Å²) in [7, 11) is 0. The van der Waals surface area contributed by atoms with Crippen LogP contribution in [0.15, 0.2) is 97.1 Å². The third-order valence-corrected chi connectivity index (χ3v) is 7.96. The molecule has 0 amide bonds. The molecule has 0 radical (unpaired) electrons. The molecule has 2 unspecified atom stereocenters. The molecule has 0 nitrogen and oxygen atoms in total. The van der Waals surface area contributed by atoms with Gasteiger partial charge in [0, 0.05) is 0 Å². The lowest BCUT2D eigenvalue weighted by Gasteiger charge is -2.27. The van der Waals surface area contributed by atoms with Gasteiger partial charge in [-0.1, -0.05) is 110 Å². The average molecular weight is 411 g/mol. The topological polar surface area (TPSA) is 0 Å². The zero-order chi connectivity index (χ0) is 21.1. The molecule has 2 atom stereocenters. The third-order valence-electron chi connectivity index (χ3n) is 7.96. The van der Waals surface area contributed by atoms with Gasteiger partial charge in [0.1, 0.15) is 0 Å². The van der Waals surface area contributed by atoms with Crippen LogP contribution in [0.3, 0.4) is 0 Å². The smallest absolute Gasteiger partial charge is 0.00868 e. The molecule has 5 aromatic carbocycles. The van der Waals surface area contributed by atoms with E-state index in [0.717, 1.165) is 11.8 Å². The number of benzene rings is 5. The van der Waals surface area contributed by atoms with Gasteiger partial charge in [-0.2, -0.15) is 0 Å². The van der Waals surface area contributed by atoms with E-state index in [1.165, 1.54) is 69.5 Å². The maximum absolute atomic E-state index is 2.50. The van der Waals surface area contributed by atoms with E-state index in [0.29, 0.717) is 0 Å². The van der Waals surface area contributed by atoms with Crippen LogP contribution < -0.4 is 0 Å². The van der Waals surface area contributed by atoms with Gasteiger partial charge in [0.2, 0.25) is 0 Å². The van der Waals surface area contributed by atoms with Crippen molar-refractivity contribution in [2.24, 2.45) is 0 Å². The summed E-state index contributed by atoms with van der Waals surface area (Å²) < 4.78 is 0. The van der Waals surface area contributed by atoms with Crippen molar-refractivity contribution in [3.63, 3.8) is 0 Å². The van der Waals surface area contributed by atoms with Crippen molar-refractivity contribution in [2.75, 3.05) is 0 Å². The van der Waals surface area contributed by atoms with Crippen molar-refractivity contribution in [3.05, 3.63) is 108 Å². The van der Waals surface area contributed by atoms with E-state index < -0.39 is 0 Å². The minimum atomic E-state index is 0.745. The second kappa shape index (κ2) is 7.07. The van der Waals surface area contributed by atoms with Gasteiger partial charge >= 0.3 is 0 Å². The molecular weight excluding hydrogens is 384 g/mol. The van der Waals surface area contributed by atoms with Crippen LogP contribution in [0.1, 0.15) is 48.6 Å². The first-order valence-electron chi connectivity index (χ1n) is 12.0. The monoisotopic (exact) mass is 410 g/mol. The molecule has 154 valence electrons. The zero-order valence-electron chi connectivity index (χ0n) is 18.2. The predicted octanol–water partition coefficient (Wildman–Crippen LogP) is 9.08. The molecule has 5 aromatic rings. The molecule has 2 aliphatic rings. The molecule has 32 heavy (non-hydrogen) atoms. The number of rotatable bonds is 2. The Morgan fingerprint density at radius 3 is 2.12 bits per heavy atom. The molecular formula is C32H26. The van der Waals surface area contributed by atoms with Crippen molar-refractivity contribution in [1.29, 1.82) is 0 Å². The minimum Gasteiger partial charge on any atom is -0.0616 e. The van der Waals surface area contributed by atoms with E-state index in [1.807, 2.05) is 0 Å². The molecule has 0 heteroatoms. The van der Waals surface area contributed by atoms with Crippen LogP contribution in [-0.2, 0) is 0 Å². The maximum atomic E-state index is 2.50. The standard InChI is InChI=1S/C32H26/c1-2-7-25-21(6-1)16-19-31-26(10-5-11-29(25)31)22-12-14-23(15-13-22)28-18-17-24-20-32(28)30-9-4-3-8-27(24)30/h1-2,5-7,10-20,27,30H,3-4,8-9H2. The summed E-state index contributed by atoms with van der Waals surface area (Å²) in [6, 6.07) is 36.5. The van der Waals surface area contributed by atoms with Gasteiger partial charge in [0.15, 0.2) is 0 Å². The van der Waals surface area contributed by atoms with Crippen LogP contribution in [0.4, 0.5) is 0 Å². The van der Waals surface area contributed by atoms with Crippen LogP contribution in [-0.4, -0.2) is 0 Å². The first kappa shape index (κ1) is 18.2. The van der Waals surface area contributed by atoms with Crippen LogP contribution in [0.5, 0.6) is 0 Å². The van der Waals surface area contributed by atoms with E-state index in [1.54, 1.807) is 11.1 Å². The van der Waals surface area contributed by atoms with Crippen molar-refractivity contribution in [1.82, 2.24) is 0 Å². The SMILES string of the molecule is c1ccc2c(c1)ccc1c(-c3ccc(-c4ccc5cc4C4CCCCC54)cc3)cccc12. The Labute approximate surface area is 189 Å². The lowest BCUT2D eigenvalue weighted by molar-refractivity contribution is 0.401. The molecule has 7 rings (SSSR count). The van der Waals surface area contributed by atoms with Gasteiger partial charge < -0.3 is 0 Å². The van der Waals surface area contributed by atoms with Crippen LogP contribution >= 0.6 is 0 Å². The Balaban J connectivity index is 1.30. The quantitative estimate of drug-likeness (QED) is 0.255. The lowest BCUT2D eigenvalue weighted by Crippen LogP contribution is -2.10. The Morgan fingerprint density at radius 1 is 0.500 bits per heavy atom. The maximum Gasteiger partial charge on any atom is -0.00868 e. The Bertz CT molecular complexity index is 1470. The van der Waals surface area contributed by atoms with Crippen molar-refractivity contribution >= 4 is 21.5 Å². The molecule has 0 aromatic heterocycles. The van der Waals surface area contributed by atoms with Crippen LogP contribution in [0.2, 0.25) is 0 Å². The highest BCUT2D eigenvalue weighted by molar-refractivity contribution is 6.12. The highest BCUT2D eigenvalue weighted by Gasteiger charge is 2.34. The third kappa shape index (κ3) is 2.69. The van der Waals surface area contributed by atoms with E-state index in [2.05, 4.69) is 97.1 Å². The van der Waals surface area contributed by atoms with Crippen LogP contribution in [0.25, 0.3) is 43.8 Å². The number of hydrogen-bond donors (Lipinski definition) is 0. The van der Waals surface area contributed by atoms with E-state index in [4.69, 9.17) is 0 Å². The van der Waals surface area contributed by atoms with Gasteiger partial charge in [0.25, 0.3) is 0 Å². The summed E-state index contributed by atoms with van der Waals surface area (Å²) in [6.45, 7) is 0. The second-order valence-corrected chi connectivity index (χ2v) is 9.61. The average Bonchev–Trinajstić information content (AvgIpc) is 3.16. The summed E-state index contributed by atoms with van der Waals surface area (Å²) >= 11 is 0. The highest BCUT2D eigenvalue weighted by atomic mass is 14.4. The molecule has 2 bridgehead atoms. The van der Waals surface area contributed by atoms with E-state index in [9.17, 15) is 0 Å². The van der Waals surface area contributed by atoms with Gasteiger partial charge in [-0.05, 0) is 79.6 Å². The molecule has 1 saturated carbocycles. The Hall–Kier alpha value is -3.38. The highest BCUT2D eigenvalue weighted by Crippen LogP contribution is 2.52. The fourth-order valence-corrected chi connectivity index (χ4v) is 6.41. The summed E-state index contributed by atoms with van der Waals surface area (Å²) in [6.07, 6.45) is 5.50. The molecule has 0 saturated heterocycles. The van der Waals surface area contributed by atoms with Gasteiger partial charge in [-0.15, -0.1) is 0 Å². The first-order chi connectivity index (χ1) is 15.9. The molecule has 0 aliphatic heterocycles. The van der Waals surface area contributed by atoms with Crippen molar-refractivity contribution in [2.45, 2.75) is 37.5 Å². The summed E-state index contributed by atoms with van der Waals surface area (Å²) in [5.41, 5.74) is 8.57. The molecule has 0 N–H and O–H groups in total. The molecule has 1 fully saturated rings. The lowest BCUT2D eigenvalue weighted by atomic mass is 9.77. The zero-order valence-corrected chi connectivity index (χ0v) is 18.2. The van der Waals surface area contributed by atoms with E-state index in [-0.39, 0.29) is 0 Å². The minimum absolute atomic E-state index is 0.745. The Morgan fingerprint density at radius 2 is 1.25 bits per heavy atom. The van der Waals surface area contributed by atoms with Crippen LogP contribution in [0, 0.1) is 0 Å². The fourth-order valence-electron chi connectivity index (χ4n) is 6.41. The normalized spacial score (nSPS) is 19.4. The molecule has 0 heterocycles. The van der Waals surface area contributed by atoms with Gasteiger partial charge in [-0.25, -0.2) is 0 Å². The number of fused-ring (bicyclic) bond motifs is 8. The van der Waals surface area contributed by atoms with Crippen molar-refractivity contribution < 1.29 is 0 Å². The molecule has 0 spiro atoms. The molecule has 2 aliphatic carbocycles.